The maximum absolute atomic E-state index is 13.9. The maximum atomic E-state index is 13.9. The van der Waals surface area contributed by atoms with Crippen LogP contribution in [0.5, 0.6) is 5.75 Å². The maximum Gasteiger partial charge on any atom is 0.200 e. The first-order valence-electron chi connectivity index (χ1n) is 25.7. The van der Waals surface area contributed by atoms with E-state index in [9.17, 15) is 26.3 Å². The molecule has 4 radical (unpaired) electrons. The van der Waals surface area contributed by atoms with Crippen molar-refractivity contribution in [3.63, 3.8) is 0 Å². The largest absolute Gasteiger partial charge is 0.490 e. The van der Waals surface area contributed by atoms with Gasteiger partial charge in [0.2, 0.25) is 5.82 Å². The molecule has 0 unspecified atom stereocenters. The van der Waals surface area contributed by atoms with Gasteiger partial charge in [0, 0.05) is 148 Å². The van der Waals surface area contributed by atoms with E-state index in [-0.39, 0.29) is 143 Å². The fraction of sp³-hybridized carbons (Fsp3) is 0.593. The van der Waals surface area contributed by atoms with Crippen molar-refractivity contribution in [3.05, 3.63) is 124 Å². The number of hydrogen-bond acceptors (Lipinski definition) is 1. The number of rotatable bonds is 8. The van der Waals surface area contributed by atoms with Gasteiger partial charge < -0.3 is 4.74 Å². The van der Waals surface area contributed by atoms with Crippen LogP contribution in [0.25, 0.3) is 11.1 Å². The third-order valence-corrected chi connectivity index (χ3v) is 16.8. The first-order valence-corrected chi connectivity index (χ1v) is 25.7. The Labute approximate surface area is 518 Å². The summed E-state index contributed by atoms with van der Waals surface area (Å²) in [5.74, 6) is 2.62. The van der Waals surface area contributed by atoms with E-state index in [1.165, 1.54) is 120 Å². The summed E-state index contributed by atoms with van der Waals surface area (Å²) < 4.78 is 87.2. The van der Waals surface area contributed by atoms with Gasteiger partial charge in [-0.1, -0.05) is 95.2 Å². The Bertz CT molecular complexity index is 2120. The Morgan fingerprint density at radius 2 is 0.871 bits per heavy atom. The van der Waals surface area contributed by atoms with Gasteiger partial charge in [-0.2, -0.15) is 28.7 Å². The summed E-state index contributed by atoms with van der Waals surface area (Å²) in [6.45, 7) is 9.11. The SMILES string of the molecule is CC1CCC(C2CCC(c3cc[c-]c(F)c3F)CC2)CC1.CC1CCC(c2ccc(-c3cc[c-]c(F)c3F)cc2)CC1.Cc1ccc(OCC2CCC(C3CCC(C)CC3)CC2)c(F)c1F.[Y].[Y].[Y].[Y]. The van der Waals surface area contributed by atoms with E-state index in [1.54, 1.807) is 31.2 Å². The van der Waals surface area contributed by atoms with Crippen molar-refractivity contribution in [1.29, 1.82) is 0 Å². The molecule has 11 heteroatoms. The van der Waals surface area contributed by atoms with Crippen LogP contribution < -0.4 is 4.74 Å². The summed E-state index contributed by atoms with van der Waals surface area (Å²) >= 11 is 0. The molecule has 4 aromatic carbocycles. The third-order valence-electron chi connectivity index (χ3n) is 16.8. The van der Waals surface area contributed by atoms with Crippen LogP contribution in [0.1, 0.15) is 178 Å². The molecular formula is C59H74F6OY4-2. The predicted octanol–water partition coefficient (Wildman–Crippen LogP) is 17.9. The smallest absolute Gasteiger partial charge is 0.200 e. The zero-order valence-corrected chi connectivity index (χ0v) is 53.7. The van der Waals surface area contributed by atoms with Gasteiger partial charge in [-0.15, -0.1) is 17.7 Å². The Hall–Kier alpha value is 0.676. The Kier molecular flexibility index (Phi) is 30.1. The van der Waals surface area contributed by atoms with E-state index in [0.717, 1.165) is 67.1 Å². The molecule has 5 aliphatic carbocycles. The van der Waals surface area contributed by atoms with Crippen LogP contribution in [-0.4, -0.2) is 6.61 Å². The average molecular weight is 1270 g/mol. The van der Waals surface area contributed by atoms with Crippen molar-refractivity contribution in [2.45, 2.75) is 168 Å². The number of benzene rings is 4. The molecule has 0 aliphatic heterocycles. The summed E-state index contributed by atoms with van der Waals surface area (Å²) in [5, 5.41) is 0. The molecule has 4 aromatic rings. The normalized spacial score (nSPS) is 27.5. The van der Waals surface area contributed by atoms with Gasteiger partial charge >= 0.3 is 0 Å². The first kappa shape index (κ1) is 65.0. The van der Waals surface area contributed by atoms with E-state index in [4.69, 9.17) is 4.74 Å². The number of ether oxygens (including phenoxy) is 1. The molecule has 9 rings (SSSR count). The van der Waals surface area contributed by atoms with Crippen LogP contribution in [0.4, 0.5) is 26.3 Å². The molecule has 0 atom stereocenters. The monoisotopic (exact) mass is 1270 g/mol. The van der Waals surface area contributed by atoms with Crippen LogP contribution in [0.2, 0.25) is 0 Å². The molecule has 0 saturated heterocycles. The van der Waals surface area contributed by atoms with Crippen molar-refractivity contribution >= 4 is 0 Å². The quantitative estimate of drug-likeness (QED) is 0.126. The molecule has 5 fully saturated rings. The number of aryl methyl sites for hydroxylation is 1. The van der Waals surface area contributed by atoms with Gasteiger partial charge in [0.05, 0.1) is 12.4 Å². The number of hydrogen-bond donors (Lipinski definition) is 0. The second-order valence-electron chi connectivity index (χ2n) is 21.4. The van der Waals surface area contributed by atoms with Crippen molar-refractivity contribution in [1.82, 2.24) is 0 Å². The van der Waals surface area contributed by atoms with Gasteiger partial charge in [-0.3, -0.25) is 8.78 Å². The van der Waals surface area contributed by atoms with E-state index >= 15 is 0 Å². The molecule has 0 amide bonds. The summed E-state index contributed by atoms with van der Waals surface area (Å²) in [6, 6.07) is 21.8. The summed E-state index contributed by atoms with van der Waals surface area (Å²) in [6.07, 6.45) is 25.4. The van der Waals surface area contributed by atoms with Crippen LogP contribution in [-0.2, 0) is 131 Å². The van der Waals surface area contributed by atoms with Crippen LogP contribution >= 0.6 is 0 Å². The summed E-state index contributed by atoms with van der Waals surface area (Å²) in [7, 11) is 0. The van der Waals surface area contributed by atoms with E-state index in [0.29, 0.717) is 40.7 Å². The molecule has 70 heavy (non-hydrogen) atoms. The van der Waals surface area contributed by atoms with E-state index < -0.39 is 34.9 Å². The molecule has 0 aromatic heterocycles. The van der Waals surface area contributed by atoms with Gasteiger partial charge in [0.15, 0.2) is 11.6 Å². The van der Waals surface area contributed by atoms with Gasteiger partial charge in [-0.25, -0.2) is 13.2 Å². The average Bonchev–Trinajstić information content (AvgIpc) is 3.34. The molecule has 0 N–H and O–H groups in total. The van der Waals surface area contributed by atoms with Crippen LogP contribution in [0.3, 0.4) is 0 Å². The van der Waals surface area contributed by atoms with Crippen molar-refractivity contribution < 1.29 is 162 Å². The topological polar surface area (TPSA) is 9.23 Å². The minimum atomic E-state index is -0.919. The molecule has 0 spiro atoms. The van der Waals surface area contributed by atoms with Crippen LogP contribution in [0.15, 0.2) is 60.7 Å². The zero-order valence-electron chi connectivity index (χ0n) is 42.4. The van der Waals surface area contributed by atoms with Gasteiger partial charge in [0.1, 0.15) is 0 Å². The second-order valence-corrected chi connectivity index (χ2v) is 21.4. The molecule has 1 nitrogen and oxygen atoms in total. The van der Waals surface area contributed by atoms with Gasteiger partial charge in [-0.05, 0) is 179 Å². The molecule has 0 heterocycles. The predicted molar refractivity (Wildman–Crippen MR) is 255 cm³/mol. The van der Waals surface area contributed by atoms with Crippen molar-refractivity contribution in [2.75, 3.05) is 6.61 Å². The van der Waals surface area contributed by atoms with Crippen molar-refractivity contribution in [2.24, 2.45) is 47.3 Å². The fourth-order valence-electron chi connectivity index (χ4n) is 12.2. The molecular weight excluding hydrogens is 1190 g/mol. The Morgan fingerprint density at radius 1 is 0.443 bits per heavy atom. The second kappa shape index (κ2) is 32.4. The molecule has 372 valence electrons. The minimum Gasteiger partial charge on any atom is -0.490 e. The first-order chi connectivity index (χ1) is 31.8. The molecule has 5 saturated carbocycles. The van der Waals surface area contributed by atoms with Crippen molar-refractivity contribution in [3.8, 4) is 16.9 Å². The molecule has 5 aliphatic rings. The minimum absolute atomic E-state index is 0. The summed E-state index contributed by atoms with van der Waals surface area (Å²) in [5.41, 5.74) is 3.22. The van der Waals surface area contributed by atoms with E-state index in [1.807, 2.05) is 12.1 Å². The fourth-order valence-corrected chi connectivity index (χ4v) is 12.2. The van der Waals surface area contributed by atoms with E-state index in [2.05, 4.69) is 45.0 Å². The standard InChI is InChI=1S/C21H30F2O.C19H25F2.C19H19F2.4Y/c1-14-3-8-17(9-4-14)18-10-6-16(7-11-18)13-24-19-12-5-15(2)20(22)21(19)23;2*1-13-5-7-14(8-6-13)15-9-11-16(12-10-15)17-3-2-4-18(20)19(17)21;;;;/h5,12,14,16-18H,3-4,6-11,13H2,1-2H3;2-3,13-16H,5-12H2,1H3;2-3,9-14H,5-8H2,1H3;;;;/q;2*-1;;;;. The Morgan fingerprint density at radius 3 is 1.39 bits per heavy atom. The zero-order chi connectivity index (χ0) is 46.7. The third kappa shape index (κ3) is 18.4. The Balaban J connectivity index is 0.000000271. The van der Waals surface area contributed by atoms with Crippen LogP contribution in [0, 0.1) is 101 Å². The molecule has 0 bridgehead atoms. The number of halogens is 6. The summed E-state index contributed by atoms with van der Waals surface area (Å²) in [4.78, 5) is 0. The van der Waals surface area contributed by atoms with Gasteiger partial charge in [0.25, 0.3) is 0 Å².